The number of halogens is 3. The van der Waals surface area contributed by atoms with Crippen LogP contribution in [0.2, 0.25) is 17.1 Å². The predicted octanol–water partition coefficient (Wildman–Crippen LogP) is 5.59. The van der Waals surface area contributed by atoms with E-state index in [2.05, 4.69) is 27.7 Å². The minimum absolute atomic E-state index is 0.318. The summed E-state index contributed by atoms with van der Waals surface area (Å²) in [6, 6.07) is 6.26. The maximum atomic E-state index is 12.8. The highest BCUT2D eigenvalue weighted by molar-refractivity contribution is 6.76. The van der Waals surface area contributed by atoms with Crippen molar-refractivity contribution >= 4 is 8.32 Å². The number of rotatable bonds is 7. The summed E-state index contributed by atoms with van der Waals surface area (Å²) in [5.74, 6) is 0. The summed E-state index contributed by atoms with van der Waals surface area (Å²) in [6.07, 6.45) is -3.74. The molecule has 0 saturated carbocycles. The van der Waals surface area contributed by atoms with Crippen molar-refractivity contribution in [2.24, 2.45) is 0 Å². The van der Waals surface area contributed by atoms with E-state index in [9.17, 15) is 13.2 Å². The lowest BCUT2D eigenvalue weighted by molar-refractivity contribution is -0.194. The number of hydrogen-bond donors (Lipinski definition) is 0. The highest BCUT2D eigenvalue weighted by Crippen LogP contribution is 2.38. The second kappa shape index (κ2) is 7.61. The van der Waals surface area contributed by atoms with Gasteiger partial charge in [-0.05, 0) is 35.2 Å². The Bertz CT molecular complexity index is 465. The fraction of sp³-hybridized carbons (Fsp3) is 0.625. The molecule has 0 amide bonds. The Labute approximate surface area is 131 Å². The number of benzene rings is 1. The van der Waals surface area contributed by atoms with Gasteiger partial charge in [0, 0.05) is 0 Å². The fourth-order valence-corrected chi connectivity index (χ4v) is 6.82. The summed E-state index contributed by atoms with van der Waals surface area (Å²) >= 11 is 0. The molecule has 0 fully saturated rings. The van der Waals surface area contributed by atoms with Crippen molar-refractivity contribution in [1.29, 1.82) is 0 Å². The first-order valence-electron chi connectivity index (χ1n) is 7.51. The third-order valence-corrected chi connectivity index (χ3v) is 9.67. The molecule has 0 saturated heterocycles. The van der Waals surface area contributed by atoms with Gasteiger partial charge in [-0.15, -0.1) is 0 Å². The lowest BCUT2D eigenvalue weighted by Gasteiger charge is -2.36. The lowest BCUT2D eigenvalue weighted by Crippen LogP contribution is -2.44. The van der Waals surface area contributed by atoms with Crippen molar-refractivity contribution in [3.63, 3.8) is 0 Å². The number of alkyl halides is 3. The maximum absolute atomic E-state index is 12.8. The smallest absolute Gasteiger partial charge is 0.286 e. The average molecular weight is 334 g/mol. The molecule has 1 rings (SSSR count). The molecule has 0 bridgehead atoms. The zero-order valence-corrected chi connectivity index (χ0v) is 14.8. The van der Waals surface area contributed by atoms with Gasteiger partial charge in [-0.1, -0.05) is 45.9 Å². The van der Waals surface area contributed by atoms with E-state index in [1.54, 1.807) is 6.07 Å². The molecule has 22 heavy (non-hydrogen) atoms. The number of aryl methyl sites for hydroxylation is 1. The van der Waals surface area contributed by atoms with Crippen molar-refractivity contribution in [2.45, 2.75) is 57.4 Å². The van der Waals surface area contributed by atoms with E-state index >= 15 is 0 Å². The van der Waals surface area contributed by atoms with Crippen LogP contribution in [0.5, 0.6) is 0 Å². The number of hydrogen-bond acceptors (Lipinski definition) is 2. The summed E-state index contributed by atoms with van der Waals surface area (Å²) in [7, 11) is -0.703. The first-order valence-corrected chi connectivity index (χ1v) is 9.78. The molecule has 1 aromatic carbocycles. The topological polar surface area (TPSA) is 18.5 Å². The third-order valence-electron chi connectivity index (χ3n) is 4.25. The molecule has 0 aromatic heterocycles. The van der Waals surface area contributed by atoms with Gasteiger partial charge in [0.15, 0.2) is 0 Å². The van der Waals surface area contributed by atoms with E-state index in [4.69, 9.17) is 9.46 Å². The third kappa shape index (κ3) is 4.57. The summed E-state index contributed by atoms with van der Waals surface area (Å²) in [5, 5.41) is 0. The van der Waals surface area contributed by atoms with Gasteiger partial charge in [0.25, 0.3) is 0 Å². The van der Waals surface area contributed by atoms with Gasteiger partial charge in [0.2, 0.25) is 8.32 Å². The normalized spacial score (nSPS) is 13.2. The van der Waals surface area contributed by atoms with E-state index in [0.717, 1.165) is 12.1 Å². The zero-order valence-electron chi connectivity index (χ0n) is 13.8. The second-order valence-corrected chi connectivity index (χ2v) is 11.1. The van der Waals surface area contributed by atoms with Gasteiger partial charge in [0.1, 0.15) is 0 Å². The Balaban J connectivity index is 2.94. The summed E-state index contributed by atoms with van der Waals surface area (Å²) < 4.78 is 44.0. The predicted molar refractivity (Wildman–Crippen MR) is 84.0 cm³/mol. The van der Waals surface area contributed by atoms with Gasteiger partial charge < -0.3 is 0 Å². The van der Waals surface area contributed by atoms with E-state index in [1.807, 2.05) is 0 Å². The maximum Gasteiger partial charge on any atom is 0.416 e. The van der Waals surface area contributed by atoms with Crippen LogP contribution in [0.25, 0.3) is 0 Å². The molecule has 0 aliphatic carbocycles. The molecular weight excluding hydrogens is 309 g/mol. The molecule has 0 unspecified atom stereocenters. The Morgan fingerprint density at radius 2 is 1.68 bits per heavy atom. The molecule has 6 heteroatoms. The molecule has 126 valence electrons. The molecular formula is C16H25F3O2Si. The summed E-state index contributed by atoms with van der Waals surface area (Å²) in [5.41, 5.74) is 0.725. The van der Waals surface area contributed by atoms with Crippen LogP contribution in [-0.4, -0.2) is 15.4 Å². The van der Waals surface area contributed by atoms with Gasteiger partial charge in [0.05, 0.1) is 12.7 Å². The van der Waals surface area contributed by atoms with Crippen LogP contribution in [0.1, 0.15) is 38.8 Å². The van der Waals surface area contributed by atoms with Crippen molar-refractivity contribution in [1.82, 2.24) is 0 Å². The molecule has 0 N–H and O–H groups in total. The molecule has 0 aliphatic heterocycles. The fourth-order valence-electron chi connectivity index (χ4n) is 2.88. The lowest BCUT2D eigenvalue weighted by atomic mass is 10.1. The molecule has 0 heterocycles. The van der Waals surface area contributed by atoms with Crippen LogP contribution in [-0.2, 0) is 22.1 Å². The van der Waals surface area contributed by atoms with Crippen molar-refractivity contribution < 1.29 is 22.6 Å². The Morgan fingerprint density at radius 3 is 2.14 bits per heavy atom. The molecule has 2 nitrogen and oxygen atoms in total. The minimum Gasteiger partial charge on any atom is -0.286 e. The highest BCUT2D eigenvalue weighted by Gasteiger charge is 2.43. The van der Waals surface area contributed by atoms with Crippen LogP contribution >= 0.6 is 0 Å². The molecule has 0 aliphatic rings. The van der Waals surface area contributed by atoms with E-state index in [0.29, 0.717) is 23.1 Å². The van der Waals surface area contributed by atoms with Crippen molar-refractivity contribution in [3.05, 3.63) is 35.4 Å². The molecule has 0 spiro atoms. The highest BCUT2D eigenvalue weighted by atomic mass is 28.4. The van der Waals surface area contributed by atoms with Crippen LogP contribution in [0, 0.1) is 0 Å². The van der Waals surface area contributed by atoms with E-state index in [-0.39, 0.29) is 0 Å². The Kier molecular flexibility index (Phi) is 6.64. The van der Waals surface area contributed by atoms with Gasteiger partial charge in [-0.2, -0.15) is 13.2 Å². The van der Waals surface area contributed by atoms with Gasteiger partial charge in [-0.25, -0.2) is 0 Å². The van der Waals surface area contributed by atoms with Gasteiger partial charge >= 0.3 is 6.18 Å². The largest absolute Gasteiger partial charge is 0.416 e. The minimum atomic E-state index is -4.30. The van der Waals surface area contributed by atoms with Crippen LogP contribution in [0.3, 0.4) is 0 Å². The molecule has 1 aromatic rings. The first-order chi connectivity index (χ1) is 10.1. The quantitative estimate of drug-likeness (QED) is 0.367. The molecule has 0 radical (unpaired) electrons. The summed E-state index contributed by atoms with van der Waals surface area (Å²) in [6.45, 7) is 8.38. The SMILES string of the molecule is COO[Si](CCc1cccc(C(F)(F)F)c1)(C(C)C)C(C)C. The Morgan fingerprint density at radius 1 is 1.09 bits per heavy atom. The first kappa shape index (κ1) is 19.2. The van der Waals surface area contributed by atoms with Crippen molar-refractivity contribution in [3.8, 4) is 0 Å². The van der Waals surface area contributed by atoms with Gasteiger partial charge in [-0.3, -0.25) is 9.46 Å². The standard InChI is InChI=1S/C16H25F3O2Si/c1-12(2)22(13(3)4,21-20-5)10-9-14-7-6-8-15(11-14)16(17,18)19/h6-8,11-13H,9-10H2,1-5H3. The van der Waals surface area contributed by atoms with Crippen LogP contribution in [0.15, 0.2) is 24.3 Å². The van der Waals surface area contributed by atoms with Crippen LogP contribution in [0.4, 0.5) is 13.2 Å². The van der Waals surface area contributed by atoms with Crippen LogP contribution < -0.4 is 0 Å². The average Bonchev–Trinajstić information content (AvgIpc) is 2.42. The van der Waals surface area contributed by atoms with Crippen molar-refractivity contribution in [2.75, 3.05) is 7.11 Å². The second-order valence-electron chi connectivity index (χ2n) is 6.21. The Hall–Kier alpha value is -0.853. The zero-order chi connectivity index (χ0) is 17.0. The monoisotopic (exact) mass is 334 g/mol. The summed E-state index contributed by atoms with van der Waals surface area (Å²) in [4.78, 5) is 4.98. The van der Waals surface area contributed by atoms with E-state index in [1.165, 1.54) is 19.2 Å². The molecule has 0 atom stereocenters. The van der Waals surface area contributed by atoms with E-state index < -0.39 is 20.1 Å².